The van der Waals surface area contributed by atoms with E-state index in [1.165, 1.54) is 7.11 Å². The fraction of sp³-hybridized carbons (Fsp3) is 0.0714. The number of nitrogens with one attached hydrogen (secondary N) is 1. The summed E-state index contributed by atoms with van der Waals surface area (Å²) in [5, 5.41) is 1.60. The molecule has 2 aromatic heterocycles. The Bertz CT molecular complexity index is 851. The maximum atomic E-state index is 11.6. The third-order valence-electron chi connectivity index (χ3n) is 3.12. The molecule has 2 heterocycles. The van der Waals surface area contributed by atoms with Crippen LogP contribution in [0.25, 0.3) is 21.8 Å². The van der Waals surface area contributed by atoms with Gasteiger partial charge in [0.05, 0.1) is 12.6 Å². The van der Waals surface area contributed by atoms with E-state index in [9.17, 15) is 9.59 Å². The highest BCUT2D eigenvalue weighted by atomic mass is 16.5. The number of carbonyl (C=O) groups excluding carboxylic acids is 2. The van der Waals surface area contributed by atoms with Gasteiger partial charge in [0.25, 0.3) is 5.91 Å². The van der Waals surface area contributed by atoms with E-state index < -0.39 is 11.9 Å². The van der Waals surface area contributed by atoms with Crippen LogP contribution in [-0.2, 0) is 4.74 Å². The van der Waals surface area contributed by atoms with E-state index in [1.54, 1.807) is 6.07 Å². The van der Waals surface area contributed by atoms with Crippen molar-refractivity contribution in [2.75, 3.05) is 7.11 Å². The number of methoxy groups -OCH3 is 1. The number of ether oxygens (including phenoxy) is 1. The Morgan fingerprint density at radius 1 is 1.25 bits per heavy atom. The number of aromatic nitrogens is 2. The molecule has 0 aliphatic carbocycles. The maximum absolute atomic E-state index is 11.6. The summed E-state index contributed by atoms with van der Waals surface area (Å²) < 4.78 is 4.64. The number of H-pyrrole nitrogens is 1. The summed E-state index contributed by atoms with van der Waals surface area (Å²) in [6.07, 6.45) is 0. The number of hydrogen-bond acceptors (Lipinski definition) is 4. The molecule has 0 fully saturated rings. The molecule has 3 aromatic rings. The van der Waals surface area contributed by atoms with Crippen LogP contribution in [0, 0.1) is 0 Å². The molecule has 0 aliphatic heterocycles. The fourth-order valence-electron chi connectivity index (χ4n) is 2.23. The SMILES string of the molecule is COC(=O)c1cc2c([nH]c3ccccc32)c(C(N)=O)n1. The lowest BCUT2D eigenvalue weighted by Gasteiger charge is -2.02. The predicted octanol–water partition coefficient (Wildman–Crippen LogP) is 1.60. The summed E-state index contributed by atoms with van der Waals surface area (Å²) in [7, 11) is 1.26. The average molecular weight is 269 g/mol. The van der Waals surface area contributed by atoms with Crippen LogP contribution in [0.3, 0.4) is 0 Å². The second kappa shape index (κ2) is 4.34. The lowest BCUT2D eigenvalue weighted by atomic mass is 10.1. The minimum atomic E-state index is -0.702. The Morgan fingerprint density at radius 2 is 2.00 bits per heavy atom. The summed E-state index contributed by atoms with van der Waals surface area (Å²) in [6.45, 7) is 0. The number of rotatable bonds is 2. The largest absolute Gasteiger partial charge is 0.464 e. The standard InChI is InChI=1S/C14H11N3O3/c1-20-14(19)10-6-8-7-4-2-3-5-9(7)16-11(8)12(17-10)13(15)18/h2-6,16H,1H3,(H2,15,18). The molecule has 6 heteroatoms. The number of esters is 1. The number of carbonyl (C=O) groups is 2. The van der Waals surface area contributed by atoms with Crippen LogP contribution in [0.1, 0.15) is 21.0 Å². The molecule has 20 heavy (non-hydrogen) atoms. The molecule has 0 spiro atoms. The Morgan fingerprint density at radius 3 is 2.70 bits per heavy atom. The predicted molar refractivity (Wildman–Crippen MR) is 73.5 cm³/mol. The van der Waals surface area contributed by atoms with Crippen molar-refractivity contribution in [1.82, 2.24) is 9.97 Å². The van der Waals surface area contributed by atoms with Gasteiger partial charge < -0.3 is 15.5 Å². The zero-order chi connectivity index (χ0) is 14.3. The number of nitrogens with two attached hydrogens (primary N) is 1. The molecule has 0 radical (unpaired) electrons. The first-order valence-corrected chi connectivity index (χ1v) is 5.91. The molecule has 0 aliphatic rings. The number of fused-ring (bicyclic) bond motifs is 3. The Labute approximate surface area is 113 Å². The van der Waals surface area contributed by atoms with Gasteiger partial charge in [0, 0.05) is 16.3 Å². The minimum Gasteiger partial charge on any atom is -0.464 e. The molecule has 0 unspecified atom stereocenters. The number of primary amides is 1. The minimum absolute atomic E-state index is 0.0269. The van der Waals surface area contributed by atoms with E-state index in [0.717, 1.165) is 10.9 Å². The Balaban J connectivity index is 2.45. The fourth-order valence-corrected chi connectivity index (χ4v) is 2.23. The summed E-state index contributed by atoms with van der Waals surface area (Å²) in [5.41, 5.74) is 6.78. The molecule has 0 saturated carbocycles. The van der Waals surface area contributed by atoms with E-state index in [1.807, 2.05) is 24.3 Å². The highest BCUT2D eigenvalue weighted by Gasteiger charge is 2.18. The molecule has 0 saturated heterocycles. The molecule has 1 aromatic carbocycles. The molecular weight excluding hydrogens is 258 g/mol. The highest BCUT2D eigenvalue weighted by Crippen LogP contribution is 2.27. The topological polar surface area (TPSA) is 98.1 Å². The van der Waals surface area contributed by atoms with Gasteiger partial charge >= 0.3 is 5.97 Å². The van der Waals surface area contributed by atoms with Crippen molar-refractivity contribution < 1.29 is 14.3 Å². The third kappa shape index (κ3) is 1.70. The van der Waals surface area contributed by atoms with Crippen molar-refractivity contribution in [1.29, 1.82) is 0 Å². The molecule has 1 amide bonds. The molecular formula is C14H11N3O3. The van der Waals surface area contributed by atoms with E-state index in [4.69, 9.17) is 5.73 Å². The van der Waals surface area contributed by atoms with Gasteiger partial charge in [-0.2, -0.15) is 0 Å². The number of aromatic amines is 1. The highest BCUT2D eigenvalue weighted by molar-refractivity contribution is 6.15. The van der Waals surface area contributed by atoms with E-state index in [-0.39, 0.29) is 11.4 Å². The molecule has 3 rings (SSSR count). The van der Waals surface area contributed by atoms with Crippen LogP contribution in [-0.4, -0.2) is 29.0 Å². The zero-order valence-corrected chi connectivity index (χ0v) is 10.6. The smallest absolute Gasteiger partial charge is 0.356 e. The summed E-state index contributed by atoms with van der Waals surface area (Å²) in [4.78, 5) is 30.3. The number of amides is 1. The van der Waals surface area contributed by atoms with Crippen LogP contribution in [0.5, 0.6) is 0 Å². The van der Waals surface area contributed by atoms with E-state index >= 15 is 0 Å². The van der Waals surface area contributed by atoms with Gasteiger partial charge in [-0.05, 0) is 12.1 Å². The van der Waals surface area contributed by atoms with Gasteiger partial charge in [-0.3, -0.25) is 4.79 Å². The van der Waals surface area contributed by atoms with Gasteiger partial charge in [0.2, 0.25) is 0 Å². The van der Waals surface area contributed by atoms with Crippen LogP contribution in [0.15, 0.2) is 30.3 Å². The summed E-state index contributed by atoms with van der Waals surface area (Å²) in [5.74, 6) is -1.31. The van der Waals surface area contributed by atoms with Crippen molar-refractivity contribution in [3.05, 3.63) is 41.7 Å². The number of para-hydroxylation sites is 1. The molecule has 100 valence electrons. The van der Waals surface area contributed by atoms with Gasteiger partial charge in [-0.1, -0.05) is 18.2 Å². The second-order valence-electron chi connectivity index (χ2n) is 4.31. The number of nitrogens with zero attached hydrogens (tertiary/aromatic N) is 1. The summed E-state index contributed by atoms with van der Waals surface area (Å²) in [6, 6.07) is 9.10. The number of benzene rings is 1. The Hall–Kier alpha value is -2.89. The molecule has 0 bridgehead atoms. The van der Waals surface area contributed by atoms with Crippen LogP contribution in [0.2, 0.25) is 0 Å². The Kier molecular flexibility index (Phi) is 2.64. The number of pyridine rings is 1. The first kappa shape index (κ1) is 12.2. The van der Waals surface area contributed by atoms with E-state index in [0.29, 0.717) is 10.9 Å². The average Bonchev–Trinajstić information content (AvgIpc) is 2.83. The van der Waals surface area contributed by atoms with Gasteiger partial charge in [-0.25, -0.2) is 9.78 Å². The maximum Gasteiger partial charge on any atom is 0.356 e. The third-order valence-corrected chi connectivity index (χ3v) is 3.12. The van der Waals surface area contributed by atoms with Crippen LogP contribution in [0.4, 0.5) is 0 Å². The second-order valence-corrected chi connectivity index (χ2v) is 4.31. The van der Waals surface area contributed by atoms with Crippen LogP contribution >= 0.6 is 0 Å². The van der Waals surface area contributed by atoms with Crippen LogP contribution < -0.4 is 5.73 Å². The van der Waals surface area contributed by atoms with Gasteiger partial charge in [-0.15, -0.1) is 0 Å². The molecule has 6 nitrogen and oxygen atoms in total. The quantitative estimate of drug-likeness (QED) is 0.690. The zero-order valence-electron chi connectivity index (χ0n) is 10.6. The van der Waals surface area contributed by atoms with Gasteiger partial charge in [0.1, 0.15) is 5.69 Å². The monoisotopic (exact) mass is 269 g/mol. The first-order chi connectivity index (χ1) is 9.61. The van der Waals surface area contributed by atoms with Crippen molar-refractivity contribution in [2.45, 2.75) is 0 Å². The summed E-state index contributed by atoms with van der Waals surface area (Å²) >= 11 is 0. The lowest BCUT2D eigenvalue weighted by molar-refractivity contribution is 0.0594. The van der Waals surface area contributed by atoms with Gasteiger partial charge in [0.15, 0.2) is 5.69 Å². The van der Waals surface area contributed by atoms with Crippen molar-refractivity contribution in [3.8, 4) is 0 Å². The number of hydrogen-bond donors (Lipinski definition) is 2. The normalized spacial score (nSPS) is 10.8. The first-order valence-electron chi connectivity index (χ1n) is 5.91. The lowest BCUT2D eigenvalue weighted by Crippen LogP contribution is -2.16. The molecule has 3 N–H and O–H groups in total. The van der Waals surface area contributed by atoms with E-state index in [2.05, 4.69) is 14.7 Å². The van der Waals surface area contributed by atoms with Crippen molar-refractivity contribution in [3.63, 3.8) is 0 Å². The van der Waals surface area contributed by atoms with Crippen molar-refractivity contribution >= 4 is 33.7 Å². The van der Waals surface area contributed by atoms with Crippen molar-refractivity contribution in [2.24, 2.45) is 5.73 Å². The molecule has 0 atom stereocenters.